The number of rotatable bonds is 9. The van der Waals surface area contributed by atoms with Crippen LogP contribution in [0, 0.1) is 5.82 Å². The average molecular weight is 577 g/mol. The van der Waals surface area contributed by atoms with Crippen molar-refractivity contribution in [3.05, 3.63) is 72.0 Å². The Morgan fingerprint density at radius 1 is 0.846 bits per heavy atom. The molecule has 13 heteroatoms. The lowest BCUT2D eigenvalue weighted by molar-refractivity contribution is 0.174. The number of nitrogens with zero attached hydrogens (tertiary/aromatic N) is 2. The Bertz CT molecular complexity index is 1580. The zero-order chi connectivity index (χ0) is 27.6. The van der Waals surface area contributed by atoms with Gasteiger partial charge in [0.1, 0.15) is 10.7 Å². The molecule has 0 unspecified atom stereocenters. The van der Waals surface area contributed by atoms with E-state index >= 15 is 0 Å². The van der Waals surface area contributed by atoms with Gasteiger partial charge in [0.2, 0.25) is 26.8 Å². The van der Waals surface area contributed by atoms with Gasteiger partial charge in [0.05, 0.1) is 17.1 Å². The van der Waals surface area contributed by atoms with Crippen molar-refractivity contribution in [2.75, 3.05) is 53.2 Å². The first-order valence-electron chi connectivity index (χ1n) is 12.4. The van der Waals surface area contributed by atoms with Crippen LogP contribution in [0.1, 0.15) is 12.5 Å². The number of nitrogens with one attached hydrogen (secondary N) is 2. The van der Waals surface area contributed by atoms with E-state index in [-0.39, 0.29) is 35.5 Å². The van der Waals surface area contributed by atoms with Crippen molar-refractivity contribution in [1.29, 1.82) is 0 Å². The molecule has 0 radical (unpaired) electrons. The molecule has 2 aliphatic rings. The second-order valence-electron chi connectivity index (χ2n) is 9.13. The Labute approximate surface area is 227 Å². The molecule has 3 aromatic carbocycles. The van der Waals surface area contributed by atoms with Crippen molar-refractivity contribution in [3.8, 4) is 11.5 Å². The van der Waals surface area contributed by atoms with Crippen LogP contribution in [0.4, 0.5) is 21.5 Å². The van der Waals surface area contributed by atoms with Gasteiger partial charge in [-0.15, -0.1) is 0 Å². The summed E-state index contributed by atoms with van der Waals surface area (Å²) < 4.78 is 81.6. The lowest BCUT2D eigenvalue weighted by Gasteiger charge is -2.38. The average Bonchev–Trinajstić information content (AvgIpc) is 3.40. The number of halogens is 1. The second-order valence-corrected chi connectivity index (χ2v) is 12.9. The van der Waals surface area contributed by atoms with E-state index in [9.17, 15) is 21.2 Å². The molecule has 2 aliphatic heterocycles. The largest absolute Gasteiger partial charge is 0.454 e. The maximum atomic E-state index is 14.3. The summed E-state index contributed by atoms with van der Waals surface area (Å²) in [4.78, 5) is 3.77. The van der Waals surface area contributed by atoms with Crippen LogP contribution in [-0.2, 0) is 26.6 Å². The van der Waals surface area contributed by atoms with Gasteiger partial charge >= 0.3 is 0 Å². The third kappa shape index (κ3) is 6.05. The van der Waals surface area contributed by atoms with E-state index < -0.39 is 20.0 Å². The van der Waals surface area contributed by atoms with Gasteiger partial charge in [0, 0.05) is 38.4 Å². The summed E-state index contributed by atoms with van der Waals surface area (Å²) in [5.74, 6) is 0.664. The first-order valence-corrected chi connectivity index (χ1v) is 15.6. The zero-order valence-electron chi connectivity index (χ0n) is 21.3. The molecule has 1 fully saturated rings. The minimum absolute atomic E-state index is 0.00953. The van der Waals surface area contributed by atoms with E-state index in [0.717, 1.165) is 0 Å². The fourth-order valence-corrected chi connectivity index (χ4v) is 6.41. The highest BCUT2D eigenvalue weighted by Crippen LogP contribution is 2.34. The SMILES string of the molecule is CCS(=O)(=O)Nc1ccc(N2CCN(c3ccccc3F)CC2)c(S(=O)(=O)NCc2ccc3c(c2)OCO3)c1. The van der Waals surface area contributed by atoms with Crippen LogP contribution in [-0.4, -0.2) is 55.6 Å². The first-order chi connectivity index (χ1) is 18.6. The third-order valence-corrected chi connectivity index (χ3v) is 9.36. The number of sulfonamides is 2. The minimum Gasteiger partial charge on any atom is -0.454 e. The quantitative estimate of drug-likeness (QED) is 0.399. The summed E-state index contributed by atoms with van der Waals surface area (Å²) in [7, 11) is -7.70. The van der Waals surface area contributed by atoms with Gasteiger partial charge in [0.25, 0.3) is 0 Å². The van der Waals surface area contributed by atoms with E-state index in [1.807, 2.05) is 9.80 Å². The summed E-state index contributed by atoms with van der Waals surface area (Å²) in [5.41, 5.74) is 1.75. The highest BCUT2D eigenvalue weighted by atomic mass is 32.2. The highest BCUT2D eigenvalue weighted by molar-refractivity contribution is 7.92. The van der Waals surface area contributed by atoms with Crippen LogP contribution in [0.3, 0.4) is 0 Å². The molecule has 0 spiro atoms. The normalized spacial score (nSPS) is 15.4. The van der Waals surface area contributed by atoms with Crippen molar-refractivity contribution >= 4 is 37.1 Å². The molecule has 2 heterocycles. The molecule has 3 aromatic rings. The Morgan fingerprint density at radius 3 is 2.26 bits per heavy atom. The molecular formula is C26H29FN4O6S2. The summed E-state index contributed by atoms with van der Waals surface area (Å²) in [6.45, 7) is 3.45. The van der Waals surface area contributed by atoms with E-state index in [1.165, 1.54) is 19.1 Å². The fourth-order valence-electron chi connectivity index (χ4n) is 4.51. The monoisotopic (exact) mass is 576 g/mol. The van der Waals surface area contributed by atoms with Gasteiger partial charge in [-0.3, -0.25) is 4.72 Å². The number of hydrogen-bond acceptors (Lipinski definition) is 8. The number of para-hydroxylation sites is 1. The number of piperazine rings is 1. The van der Waals surface area contributed by atoms with Crippen LogP contribution in [0.25, 0.3) is 0 Å². The van der Waals surface area contributed by atoms with Crippen molar-refractivity contribution in [1.82, 2.24) is 4.72 Å². The minimum atomic E-state index is -4.08. The Kier molecular flexibility index (Phi) is 7.56. The van der Waals surface area contributed by atoms with Crippen LogP contribution < -0.4 is 28.7 Å². The highest BCUT2D eigenvalue weighted by Gasteiger charge is 2.27. The lowest BCUT2D eigenvalue weighted by Crippen LogP contribution is -2.47. The summed E-state index contributed by atoms with van der Waals surface area (Å²) in [6.07, 6.45) is 0. The molecule has 2 N–H and O–H groups in total. The van der Waals surface area contributed by atoms with Crippen LogP contribution >= 0.6 is 0 Å². The number of anilines is 3. The first kappa shape index (κ1) is 27.0. The summed E-state index contributed by atoms with van der Waals surface area (Å²) in [5, 5.41) is 0. The van der Waals surface area contributed by atoms with Gasteiger partial charge in [-0.2, -0.15) is 0 Å². The maximum Gasteiger partial charge on any atom is 0.243 e. The molecule has 0 atom stereocenters. The fraction of sp³-hybridized carbons (Fsp3) is 0.308. The molecule has 39 heavy (non-hydrogen) atoms. The van der Waals surface area contributed by atoms with E-state index in [1.54, 1.807) is 48.5 Å². The molecule has 0 amide bonds. The smallest absolute Gasteiger partial charge is 0.243 e. The van der Waals surface area contributed by atoms with Gasteiger partial charge in [-0.1, -0.05) is 18.2 Å². The van der Waals surface area contributed by atoms with Crippen molar-refractivity contribution < 1.29 is 30.7 Å². The molecule has 0 aliphatic carbocycles. The van der Waals surface area contributed by atoms with Crippen molar-refractivity contribution in [3.63, 3.8) is 0 Å². The molecule has 10 nitrogen and oxygen atoms in total. The van der Waals surface area contributed by atoms with E-state index in [2.05, 4.69) is 9.44 Å². The van der Waals surface area contributed by atoms with Crippen molar-refractivity contribution in [2.45, 2.75) is 18.4 Å². The molecule has 5 rings (SSSR count). The Hall–Kier alpha value is -3.55. The second kappa shape index (κ2) is 10.9. The van der Waals surface area contributed by atoms with Crippen LogP contribution in [0.15, 0.2) is 65.6 Å². The molecular weight excluding hydrogens is 547 g/mol. The molecule has 208 valence electrons. The third-order valence-electron chi connectivity index (χ3n) is 6.62. The lowest BCUT2D eigenvalue weighted by atomic mass is 10.2. The Balaban J connectivity index is 1.40. The number of benzene rings is 3. The standard InChI is InChI=1S/C26H29FN4O6S2/c1-2-38(32,33)29-20-8-9-23(31-13-11-30(12-14-31)22-6-4-3-5-21(22)27)26(16-20)39(34,35)28-17-19-7-10-24-25(15-19)37-18-36-24/h3-10,15-16,28-29H,2,11-14,17-18H2,1H3. The predicted molar refractivity (Wildman–Crippen MR) is 147 cm³/mol. The maximum absolute atomic E-state index is 14.3. The topological polar surface area (TPSA) is 117 Å². The molecule has 1 saturated heterocycles. The van der Waals surface area contributed by atoms with Gasteiger partial charge in [-0.05, 0) is 55.0 Å². The molecule has 0 saturated carbocycles. The van der Waals surface area contributed by atoms with Gasteiger partial charge < -0.3 is 19.3 Å². The molecule has 0 bridgehead atoms. The number of ether oxygens (including phenoxy) is 2. The number of hydrogen-bond donors (Lipinski definition) is 2. The number of fused-ring (bicyclic) bond motifs is 1. The molecule has 0 aromatic heterocycles. The van der Waals surface area contributed by atoms with Crippen LogP contribution in [0.5, 0.6) is 11.5 Å². The van der Waals surface area contributed by atoms with E-state index in [4.69, 9.17) is 9.47 Å². The Morgan fingerprint density at radius 2 is 1.54 bits per heavy atom. The zero-order valence-corrected chi connectivity index (χ0v) is 22.9. The summed E-state index contributed by atoms with van der Waals surface area (Å²) >= 11 is 0. The van der Waals surface area contributed by atoms with Crippen LogP contribution in [0.2, 0.25) is 0 Å². The van der Waals surface area contributed by atoms with Gasteiger partial charge in [-0.25, -0.2) is 25.9 Å². The van der Waals surface area contributed by atoms with Crippen molar-refractivity contribution in [2.24, 2.45) is 0 Å². The van der Waals surface area contributed by atoms with Gasteiger partial charge in [0.15, 0.2) is 11.5 Å². The van der Waals surface area contributed by atoms with E-state index in [0.29, 0.717) is 54.6 Å². The predicted octanol–water partition coefficient (Wildman–Crippen LogP) is 3.12. The summed E-state index contributed by atoms with van der Waals surface area (Å²) in [6, 6.07) is 16.2.